The molecule has 0 fully saturated rings. The van der Waals surface area contributed by atoms with Crippen LogP contribution in [0.3, 0.4) is 0 Å². The van der Waals surface area contributed by atoms with Crippen LogP contribution in [-0.2, 0) is 4.79 Å². The van der Waals surface area contributed by atoms with E-state index in [9.17, 15) is 9.59 Å². The molecule has 0 bridgehead atoms. The molecule has 2 aromatic rings. The van der Waals surface area contributed by atoms with E-state index in [1.54, 1.807) is 12.1 Å². The van der Waals surface area contributed by atoms with Crippen molar-refractivity contribution in [3.8, 4) is 0 Å². The van der Waals surface area contributed by atoms with Crippen LogP contribution in [0.4, 0.5) is 0 Å². The van der Waals surface area contributed by atoms with Crippen LogP contribution in [0.1, 0.15) is 16.1 Å². The number of aliphatic carboxylic acids is 1. The van der Waals surface area contributed by atoms with Gasteiger partial charge in [0.05, 0.1) is 16.8 Å². The number of carbonyl (C=O) groups is 2. The summed E-state index contributed by atoms with van der Waals surface area (Å²) in [6.45, 7) is 1.81. The molecule has 6 heteroatoms. The molecule has 0 atom stereocenters. The Bertz CT molecular complexity index is 669. The number of aryl methyl sites for hydroxylation is 1. The van der Waals surface area contributed by atoms with Gasteiger partial charge in [0.15, 0.2) is 0 Å². The number of benzene rings is 1. The van der Waals surface area contributed by atoms with E-state index in [4.69, 9.17) is 10.2 Å². The lowest BCUT2D eigenvalue weighted by Crippen LogP contribution is -1.99. The van der Waals surface area contributed by atoms with E-state index in [0.717, 1.165) is 22.4 Å². The van der Waals surface area contributed by atoms with Crippen molar-refractivity contribution in [1.29, 1.82) is 0 Å². The van der Waals surface area contributed by atoms with Gasteiger partial charge in [0, 0.05) is 16.0 Å². The molecule has 1 heterocycles. The molecule has 1 aromatic carbocycles. The van der Waals surface area contributed by atoms with Crippen molar-refractivity contribution in [2.45, 2.75) is 11.8 Å². The van der Waals surface area contributed by atoms with Gasteiger partial charge in [-0.2, -0.15) is 0 Å². The summed E-state index contributed by atoms with van der Waals surface area (Å²) in [5.41, 5.74) is 1.59. The zero-order chi connectivity index (χ0) is 14.0. The second-order valence-corrected chi connectivity index (χ2v) is 5.00. The summed E-state index contributed by atoms with van der Waals surface area (Å²) in [7, 11) is 0. The summed E-state index contributed by atoms with van der Waals surface area (Å²) < 4.78 is 0. The lowest BCUT2D eigenvalue weighted by Gasteiger charge is -2.07. The molecule has 0 aliphatic rings. The van der Waals surface area contributed by atoms with E-state index in [0.29, 0.717) is 10.9 Å². The molecule has 1 aromatic heterocycles. The fourth-order valence-electron chi connectivity index (χ4n) is 1.71. The zero-order valence-corrected chi connectivity index (χ0v) is 10.9. The Hall–Kier alpha value is -2.08. The van der Waals surface area contributed by atoms with Gasteiger partial charge < -0.3 is 10.2 Å². The minimum Gasteiger partial charge on any atom is -0.481 e. The lowest BCUT2D eigenvalue weighted by molar-refractivity contribution is -0.133. The van der Waals surface area contributed by atoms with Crippen LogP contribution in [0.5, 0.6) is 0 Å². The normalized spacial score (nSPS) is 10.6. The van der Waals surface area contributed by atoms with Crippen molar-refractivity contribution < 1.29 is 19.8 Å². The standard InChI is InChI=1S/C13H11NO4S/c1-7-4-11(19-6-12(15)16)9-5-8(13(17)18)2-3-10(9)14-7/h2-5H,6H2,1H3,(H,15,16)(H,17,18). The highest BCUT2D eigenvalue weighted by Gasteiger charge is 2.10. The van der Waals surface area contributed by atoms with Crippen LogP contribution >= 0.6 is 11.8 Å². The van der Waals surface area contributed by atoms with E-state index in [1.165, 1.54) is 12.1 Å². The highest BCUT2D eigenvalue weighted by atomic mass is 32.2. The molecule has 19 heavy (non-hydrogen) atoms. The quantitative estimate of drug-likeness (QED) is 0.834. The first-order valence-corrected chi connectivity index (χ1v) is 6.45. The number of thioether (sulfide) groups is 1. The van der Waals surface area contributed by atoms with Gasteiger partial charge in [-0.3, -0.25) is 9.78 Å². The largest absolute Gasteiger partial charge is 0.481 e. The Morgan fingerprint density at radius 2 is 2.00 bits per heavy atom. The molecular formula is C13H11NO4S. The predicted octanol–water partition coefficient (Wildman–Crippen LogP) is 2.42. The number of fused-ring (bicyclic) bond motifs is 1. The van der Waals surface area contributed by atoms with E-state index in [-0.39, 0.29) is 11.3 Å². The van der Waals surface area contributed by atoms with E-state index >= 15 is 0 Å². The molecule has 0 saturated carbocycles. The SMILES string of the molecule is Cc1cc(SCC(=O)O)c2cc(C(=O)O)ccc2n1. The fourth-order valence-corrected chi connectivity index (χ4v) is 2.56. The molecule has 98 valence electrons. The molecule has 0 saturated heterocycles. The Morgan fingerprint density at radius 1 is 1.26 bits per heavy atom. The van der Waals surface area contributed by atoms with E-state index in [1.807, 2.05) is 6.92 Å². The van der Waals surface area contributed by atoms with Gasteiger partial charge in [-0.25, -0.2) is 4.79 Å². The lowest BCUT2D eigenvalue weighted by atomic mass is 10.1. The third-order valence-electron chi connectivity index (χ3n) is 2.50. The number of nitrogens with zero attached hydrogens (tertiary/aromatic N) is 1. The van der Waals surface area contributed by atoms with Crippen LogP contribution in [0, 0.1) is 6.92 Å². The van der Waals surface area contributed by atoms with Gasteiger partial charge in [0.2, 0.25) is 0 Å². The predicted molar refractivity (Wildman–Crippen MR) is 71.8 cm³/mol. The Labute approximate surface area is 113 Å². The number of hydrogen-bond acceptors (Lipinski definition) is 4. The molecule has 0 aliphatic carbocycles. The molecular weight excluding hydrogens is 266 g/mol. The Kier molecular flexibility index (Phi) is 3.71. The maximum Gasteiger partial charge on any atom is 0.335 e. The number of hydrogen-bond donors (Lipinski definition) is 2. The Balaban J connectivity index is 2.55. The van der Waals surface area contributed by atoms with Gasteiger partial charge >= 0.3 is 11.9 Å². The van der Waals surface area contributed by atoms with Gasteiger partial charge in [-0.15, -0.1) is 11.8 Å². The second kappa shape index (κ2) is 5.27. The van der Waals surface area contributed by atoms with E-state index in [2.05, 4.69) is 4.98 Å². The summed E-state index contributed by atoms with van der Waals surface area (Å²) in [5.74, 6) is -2.01. The third-order valence-corrected chi connectivity index (χ3v) is 3.54. The molecule has 2 rings (SSSR count). The first-order chi connectivity index (χ1) is 8.97. The second-order valence-electron chi connectivity index (χ2n) is 3.98. The minimum atomic E-state index is -1.02. The first-order valence-electron chi connectivity index (χ1n) is 5.46. The number of carboxylic acid groups (broad SMARTS) is 2. The minimum absolute atomic E-state index is 0.0736. The smallest absolute Gasteiger partial charge is 0.335 e. The molecule has 2 N–H and O–H groups in total. The van der Waals surface area contributed by atoms with E-state index < -0.39 is 11.9 Å². The van der Waals surface area contributed by atoms with Crippen molar-refractivity contribution >= 4 is 34.6 Å². The van der Waals surface area contributed by atoms with Crippen LogP contribution in [0.25, 0.3) is 10.9 Å². The fraction of sp³-hybridized carbons (Fsp3) is 0.154. The average Bonchev–Trinajstić information content (AvgIpc) is 2.35. The summed E-state index contributed by atoms with van der Waals surface area (Å²) in [6.07, 6.45) is 0. The van der Waals surface area contributed by atoms with Gasteiger partial charge in [0.1, 0.15) is 0 Å². The Morgan fingerprint density at radius 3 is 2.63 bits per heavy atom. The topological polar surface area (TPSA) is 87.5 Å². The van der Waals surface area contributed by atoms with Crippen LogP contribution in [-0.4, -0.2) is 32.9 Å². The number of rotatable bonds is 4. The molecule has 0 spiro atoms. The van der Waals surface area contributed by atoms with Crippen LogP contribution < -0.4 is 0 Å². The van der Waals surface area contributed by atoms with Crippen LogP contribution in [0.2, 0.25) is 0 Å². The third kappa shape index (κ3) is 3.03. The van der Waals surface area contributed by atoms with Crippen molar-refractivity contribution in [3.05, 3.63) is 35.5 Å². The van der Waals surface area contributed by atoms with Crippen molar-refractivity contribution in [2.24, 2.45) is 0 Å². The monoisotopic (exact) mass is 277 g/mol. The molecule has 5 nitrogen and oxygen atoms in total. The number of aromatic nitrogens is 1. The average molecular weight is 277 g/mol. The summed E-state index contributed by atoms with van der Waals surface area (Å²) in [4.78, 5) is 26.6. The highest BCUT2D eigenvalue weighted by molar-refractivity contribution is 8.00. The number of carboxylic acids is 2. The van der Waals surface area contributed by atoms with Gasteiger partial charge in [0.25, 0.3) is 0 Å². The summed E-state index contributed by atoms with van der Waals surface area (Å²) in [6, 6.07) is 6.41. The first kappa shape index (κ1) is 13.4. The zero-order valence-electron chi connectivity index (χ0n) is 10.1. The molecule has 0 unspecified atom stereocenters. The maximum atomic E-state index is 11.0. The highest BCUT2D eigenvalue weighted by Crippen LogP contribution is 2.28. The number of pyridine rings is 1. The van der Waals surface area contributed by atoms with Gasteiger partial charge in [-0.1, -0.05) is 0 Å². The van der Waals surface area contributed by atoms with Crippen molar-refractivity contribution in [1.82, 2.24) is 4.98 Å². The maximum absolute atomic E-state index is 11.0. The van der Waals surface area contributed by atoms with Crippen molar-refractivity contribution in [3.63, 3.8) is 0 Å². The summed E-state index contributed by atoms with van der Waals surface area (Å²) >= 11 is 1.16. The molecule has 0 amide bonds. The molecule has 0 aliphatic heterocycles. The van der Waals surface area contributed by atoms with Crippen molar-refractivity contribution in [2.75, 3.05) is 5.75 Å². The molecule has 0 radical (unpaired) electrons. The number of aromatic carboxylic acids is 1. The van der Waals surface area contributed by atoms with Crippen LogP contribution in [0.15, 0.2) is 29.2 Å². The summed E-state index contributed by atoms with van der Waals surface area (Å²) in [5, 5.41) is 18.4. The van der Waals surface area contributed by atoms with Gasteiger partial charge in [-0.05, 0) is 31.2 Å².